The molecule has 2 N–H and O–H groups in total. The first kappa shape index (κ1) is 31.0. The highest BCUT2D eigenvalue weighted by molar-refractivity contribution is 6.33. The van der Waals surface area contributed by atoms with Gasteiger partial charge in [-0.3, -0.25) is 19.4 Å². The molecule has 0 saturated carbocycles. The van der Waals surface area contributed by atoms with E-state index < -0.39 is 29.3 Å². The number of pyridine rings is 1. The number of alkyl halides is 3. The van der Waals surface area contributed by atoms with Crippen LogP contribution in [0.15, 0.2) is 58.3 Å². The topological polar surface area (TPSA) is 80.8 Å². The Hall–Kier alpha value is -3.41. The fourth-order valence-corrected chi connectivity index (χ4v) is 6.29. The van der Waals surface area contributed by atoms with Crippen molar-refractivity contribution in [1.82, 2.24) is 14.8 Å². The second kappa shape index (κ2) is 13.1. The zero-order valence-corrected chi connectivity index (χ0v) is 25.0. The predicted molar refractivity (Wildman–Crippen MR) is 166 cm³/mol. The summed E-state index contributed by atoms with van der Waals surface area (Å²) in [6.07, 6.45) is 3.59. The average Bonchev–Trinajstić information content (AvgIpc) is 2.98. The number of hydrogen-bond donors (Lipinski definition) is 2. The molecule has 2 aromatic carbocycles. The number of piperidine rings is 1. The van der Waals surface area contributed by atoms with E-state index in [-0.39, 0.29) is 17.8 Å². The average molecular weight is 617 g/mol. The summed E-state index contributed by atoms with van der Waals surface area (Å²) in [6, 6.07) is 12.9. The molecule has 2 aliphatic rings. The molecule has 3 aromatic rings. The van der Waals surface area contributed by atoms with Crippen molar-refractivity contribution in [3.05, 3.63) is 79.7 Å². The highest BCUT2D eigenvalue weighted by Gasteiger charge is 2.36. The van der Waals surface area contributed by atoms with Gasteiger partial charge in [-0.1, -0.05) is 54.1 Å². The maximum atomic E-state index is 12.6. The van der Waals surface area contributed by atoms with Crippen LogP contribution >= 0.6 is 11.6 Å². The molecule has 0 radical (unpaired) electrons. The molecule has 0 bridgehead atoms. The molecule has 0 amide bonds. The standard InChI is InChI=1S/C31H36ClF3N6O2/c1-20-18-41(21(2)17-40(20)24-10-13-39(14-11-24)12-6-9-22-7-4-3-5-8-22)30-25(32)15-23(16-36-30)38-27-26(28(42)29(27)43)37-19-31(33,34)35/h3-9,15-16,20-21,24,37-38H,10-14,17-19H2,1-2H3/b9-6+/t20-,21+/m1/s1. The first-order valence-electron chi connectivity index (χ1n) is 14.5. The van der Waals surface area contributed by atoms with Crippen molar-refractivity contribution in [2.75, 3.05) is 54.8 Å². The van der Waals surface area contributed by atoms with Crippen molar-refractivity contribution in [2.24, 2.45) is 0 Å². The lowest BCUT2D eigenvalue weighted by Gasteiger charge is -2.49. The molecule has 0 aliphatic carbocycles. The van der Waals surface area contributed by atoms with E-state index in [2.05, 4.69) is 63.1 Å². The number of likely N-dealkylation sites (tertiary alicyclic amines) is 1. The first-order chi connectivity index (χ1) is 20.5. The lowest BCUT2D eigenvalue weighted by molar-refractivity contribution is -0.115. The Labute approximate surface area is 253 Å². The third-order valence-corrected chi connectivity index (χ3v) is 8.55. The van der Waals surface area contributed by atoms with E-state index >= 15 is 0 Å². The maximum absolute atomic E-state index is 12.6. The zero-order valence-electron chi connectivity index (χ0n) is 24.2. The van der Waals surface area contributed by atoms with Crippen molar-refractivity contribution in [2.45, 2.75) is 51.0 Å². The van der Waals surface area contributed by atoms with Gasteiger partial charge in [0.2, 0.25) is 0 Å². The van der Waals surface area contributed by atoms with Gasteiger partial charge in [-0.05, 0) is 51.4 Å². The van der Waals surface area contributed by atoms with E-state index in [1.165, 1.54) is 11.8 Å². The summed E-state index contributed by atoms with van der Waals surface area (Å²) in [5, 5.41) is 5.05. The molecule has 8 nitrogen and oxygen atoms in total. The van der Waals surface area contributed by atoms with Crippen LogP contribution in [0.2, 0.25) is 5.02 Å². The van der Waals surface area contributed by atoms with E-state index in [0.717, 1.165) is 45.6 Å². The number of hydrogen-bond acceptors (Lipinski definition) is 8. The van der Waals surface area contributed by atoms with Gasteiger partial charge in [0.05, 0.1) is 16.9 Å². The molecule has 1 aromatic heterocycles. The number of anilines is 4. The van der Waals surface area contributed by atoms with Crippen LogP contribution in [-0.2, 0) is 0 Å². The lowest BCUT2D eigenvalue weighted by atomic mass is 9.98. The zero-order chi connectivity index (χ0) is 30.7. The van der Waals surface area contributed by atoms with Gasteiger partial charge in [-0.25, -0.2) is 4.98 Å². The molecule has 3 heterocycles. The molecule has 5 rings (SSSR count). The Balaban J connectivity index is 1.16. The maximum Gasteiger partial charge on any atom is 0.405 e. The van der Waals surface area contributed by atoms with E-state index in [1.807, 2.05) is 23.5 Å². The van der Waals surface area contributed by atoms with Crippen LogP contribution in [0.3, 0.4) is 0 Å². The van der Waals surface area contributed by atoms with Gasteiger partial charge < -0.3 is 15.5 Å². The Morgan fingerprint density at radius 2 is 1.72 bits per heavy atom. The third-order valence-electron chi connectivity index (χ3n) is 8.27. The van der Waals surface area contributed by atoms with Gasteiger partial charge in [0.25, 0.3) is 10.9 Å². The van der Waals surface area contributed by atoms with Crippen molar-refractivity contribution >= 4 is 40.6 Å². The Morgan fingerprint density at radius 3 is 2.40 bits per heavy atom. The SMILES string of the molecule is C[C@@H]1CN(c2ncc(Nc3c(NCC(F)(F)F)c(=O)c3=O)cc2Cl)[C@@H](C)CN1C1CCN(C/C=C/c2ccccc2)CC1. The first-order valence-corrected chi connectivity index (χ1v) is 14.9. The van der Waals surface area contributed by atoms with Crippen molar-refractivity contribution in [3.8, 4) is 0 Å². The van der Waals surface area contributed by atoms with Gasteiger partial charge in [-0.2, -0.15) is 13.2 Å². The molecule has 0 unspecified atom stereocenters. The number of nitrogens with zero attached hydrogens (tertiary/aromatic N) is 4. The molecule has 230 valence electrons. The van der Waals surface area contributed by atoms with Crippen LogP contribution in [0, 0.1) is 0 Å². The van der Waals surface area contributed by atoms with E-state index in [4.69, 9.17) is 11.6 Å². The number of rotatable bonds is 9. The van der Waals surface area contributed by atoms with Crippen LogP contribution in [-0.4, -0.2) is 78.4 Å². The van der Waals surface area contributed by atoms with Crippen molar-refractivity contribution < 1.29 is 13.2 Å². The number of benzene rings is 1. The van der Waals surface area contributed by atoms with E-state index in [0.29, 0.717) is 22.6 Å². The van der Waals surface area contributed by atoms with Crippen LogP contribution in [0.1, 0.15) is 32.3 Å². The van der Waals surface area contributed by atoms with Gasteiger partial charge >= 0.3 is 6.18 Å². The smallest absolute Gasteiger partial charge is 0.371 e. The molecule has 43 heavy (non-hydrogen) atoms. The molecule has 2 saturated heterocycles. The molecule has 12 heteroatoms. The van der Waals surface area contributed by atoms with Gasteiger partial charge in [-0.15, -0.1) is 0 Å². The van der Waals surface area contributed by atoms with Crippen LogP contribution in [0.25, 0.3) is 6.08 Å². The van der Waals surface area contributed by atoms with Crippen LogP contribution < -0.4 is 26.4 Å². The number of aromatic nitrogens is 1. The summed E-state index contributed by atoms with van der Waals surface area (Å²) >= 11 is 6.62. The lowest BCUT2D eigenvalue weighted by Crippen LogP contribution is -2.61. The quantitative estimate of drug-likeness (QED) is 0.321. The van der Waals surface area contributed by atoms with Crippen LogP contribution in [0.4, 0.5) is 36.1 Å². The minimum Gasteiger partial charge on any atom is -0.371 e. The third kappa shape index (κ3) is 7.39. The van der Waals surface area contributed by atoms with Crippen LogP contribution in [0.5, 0.6) is 0 Å². The number of piperazine rings is 1. The predicted octanol–water partition coefficient (Wildman–Crippen LogP) is 5.13. The minimum atomic E-state index is -4.53. The van der Waals surface area contributed by atoms with E-state index in [9.17, 15) is 22.8 Å². The summed E-state index contributed by atoms with van der Waals surface area (Å²) < 4.78 is 37.7. The number of halogens is 4. The molecular formula is C31H36ClF3N6O2. The molecule has 2 atom stereocenters. The summed E-state index contributed by atoms with van der Waals surface area (Å²) in [7, 11) is 0. The Morgan fingerprint density at radius 1 is 1.02 bits per heavy atom. The molecule has 2 aliphatic heterocycles. The molecule has 0 spiro atoms. The minimum absolute atomic E-state index is 0.151. The summed E-state index contributed by atoms with van der Waals surface area (Å²) in [5.41, 5.74) is -0.983. The van der Waals surface area contributed by atoms with Crippen molar-refractivity contribution in [3.63, 3.8) is 0 Å². The van der Waals surface area contributed by atoms with Gasteiger partial charge in [0.15, 0.2) is 0 Å². The second-order valence-corrected chi connectivity index (χ2v) is 11.8. The molecule has 2 fully saturated rings. The fourth-order valence-electron chi connectivity index (χ4n) is 6.02. The highest BCUT2D eigenvalue weighted by Crippen LogP contribution is 2.33. The summed E-state index contributed by atoms with van der Waals surface area (Å²) in [5.74, 6) is 0.603. The Bertz CT molecular complexity index is 1500. The second-order valence-electron chi connectivity index (χ2n) is 11.4. The fraction of sp³-hybridized carbons (Fsp3) is 0.452. The summed E-state index contributed by atoms with van der Waals surface area (Å²) in [4.78, 5) is 35.6. The van der Waals surface area contributed by atoms with Crippen molar-refractivity contribution in [1.29, 1.82) is 0 Å². The van der Waals surface area contributed by atoms with Gasteiger partial charge in [0.1, 0.15) is 23.7 Å². The Kier molecular flexibility index (Phi) is 9.43. The van der Waals surface area contributed by atoms with E-state index in [1.54, 1.807) is 6.07 Å². The number of nitrogens with one attached hydrogen (secondary N) is 2. The summed E-state index contributed by atoms with van der Waals surface area (Å²) in [6.45, 7) is 7.63. The normalized spacial score (nSPS) is 21.1. The largest absolute Gasteiger partial charge is 0.405 e. The highest BCUT2D eigenvalue weighted by atomic mass is 35.5. The van der Waals surface area contributed by atoms with Gasteiger partial charge in [0, 0.05) is 37.8 Å². The monoisotopic (exact) mass is 616 g/mol. The molecular weight excluding hydrogens is 581 g/mol.